The number of halogens is 1. The summed E-state index contributed by atoms with van der Waals surface area (Å²) in [4.78, 5) is 22.8. The molecule has 0 saturated heterocycles. The van der Waals surface area contributed by atoms with Crippen molar-refractivity contribution in [3.8, 4) is 0 Å². The summed E-state index contributed by atoms with van der Waals surface area (Å²) in [5.74, 6) is 0.668. The number of rotatable bonds is 5. The Balaban J connectivity index is 0.00000529. The van der Waals surface area contributed by atoms with Gasteiger partial charge in [-0.25, -0.2) is 4.99 Å². The summed E-state index contributed by atoms with van der Waals surface area (Å²) in [5, 5.41) is 6.16. The minimum atomic E-state index is -0.238. The van der Waals surface area contributed by atoms with Crippen LogP contribution in [-0.4, -0.2) is 47.4 Å². The van der Waals surface area contributed by atoms with Gasteiger partial charge in [0.15, 0.2) is 5.96 Å². The average Bonchev–Trinajstić information content (AvgIpc) is 2.42. The number of nitrogens with zero attached hydrogens (tertiary/aromatic N) is 3. The van der Waals surface area contributed by atoms with Gasteiger partial charge in [-0.3, -0.25) is 9.78 Å². The lowest BCUT2D eigenvalue weighted by molar-refractivity contribution is -0.122. The van der Waals surface area contributed by atoms with Crippen molar-refractivity contribution in [1.29, 1.82) is 0 Å². The monoisotopic (exact) mass is 447 g/mol. The number of aromatic nitrogens is 1. The van der Waals surface area contributed by atoms with Gasteiger partial charge in [-0.15, -0.1) is 24.0 Å². The van der Waals surface area contributed by atoms with Crippen LogP contribution in [0.2, 0.25) is 0 Å². The van der Waals surface area contributed by atoms with Gasteiger partial charge < -0.3 is 15.5 Å². The Bertz CT molecular complexity index is 554. The molecule has 0 aliphatic carbocycles. The van der Waals surface area contributed by atoms with Crippen molar-refractivity contribution in [2.75, 3.05) is 20.1 Å². The summed E-state index contributed by atoms with van der Waals surface area (Å²) in [6.07, 6.45) is 1.77. The minimum Gasteiger partial charge on any atom is -0.357 e. The fourth-order valence-electron chi connectivity index (χ4n) is 2.05. The summed E-state index contributed by atoms with van der Waals surface area (Å²) in [5.41, 5.74) is 1.81. The SMILES string of the molecule is CCNC(=NCc1ncccc1C)N(C)CC(=O)NC(C)(C)C.I. The van der Waals surface area contributed by atoms with E-state index in [1.165, 1.54) is 0 Å². The molecule has 0 unspecified atom stereocenters. The van der Waals surface area contributed by atoms with Crippen LogP contribution in [0.25, 0.3) is 0 Å². The van der Waals surface area contributed by atoms with E-state index in [0.717, 1.165) is 17.8 Å². The molecule has 1 heterocycles. The van der Waals surface area contributed by atoms with Crippen LogP contribution in [0, 0.1) is 6.92 Å². The molecule has 1 aromatic rings. The second-order valence-electron chi connectivity index (χ2n) is 6.59. The maximum absolute atomic E-state index is 12.1. The van der Waals surface area contributed by atoms with E-state index in [-0.39, 0.29) is 42.0 Å². The zero-order valence-corrected chi connectivity index (χ0v) is 17.8. The van der Waals surface area contributed by atoms with Crippen LogP contribution in [0.1, 0.15) is 39.0 Å². The Morgan fingerprint density at radius 3 is 2.58 bits per heavy atom. The van der Waals surface area contributed by atoms with Crippen LogP contribution in [-0.2, 0) is 11.3 Å². The standard InChI is InChI=1S/C17H29N5O.HI/c1-7-18-16(20-11-14-13(2)9-8-10-19-14)22(6)12-15(23)21-17(3,4)5;/h8-10H,7,11-12H2,1-6H3,(H,18,20)(H,21,23);1H. The van der Waals surface area contributed by atoms with Crippen LogP contribution in [0.15, 0.2) is 23.3 Å². The number of pyridine rings is 1. The summed E-state index contributed by atoms with van der Waals surface area (Å²) in [6, 6.07) is 3.93. The van der Waals surface area contributed by atoms with Gasteiger partial charge in [0.1, 0.15) is 0 Å². The van der Waals surface area contributed by atoms with Gasteiger partial charge in [-0.2, -0.15) is 0 Å². The molecule has 0 aromatic carbocycles. The Labute approximate surface area is 162 Å². The number of guanidine groups is 1. The van der Waals surface area contributed by atoms with Gasteiger partial charge in [0.25, 0.3) is 0 Å². The van der Waals surface area contributed by atoms with Gasteiger partial charge in [0, 0.05) is 25.3 Å². The van der Waals surface area contributed by atoms with Crippen LogP contribution >= 0.6 is 24.0 Å². The highest BCUT2D eigenvalue weighted by Gasteiger charge is 2.16. The van der Waals surface area contributed by atoms with Gasteiger partial charge in [0.2, 0.25) is 5.91 Å². The molecule has 2 N–H and O–H groups in total. The van der Waals surface area contributed by atoms with E-state index < -0.39 is 0 Å². The highest BCUT2D eigenvalue weighted by atomic mass is 127. The van der Waals surface area contributed by atoms with E-state index >= 15 is 0 Å². The fraction of sp³-hybridized carbons (Fsp3) is 0.588. The third-order valence-corrected chi connectivity index (χ3v) is 3.09. The third kappa shape index (κ3) is 8.47. The van der Waals surface area contributed by atoms with Gasteiger partial charge in [0.05, 0.1) is 18.8 Å². The van der Waals surface area contributed by atoms with E-state index in [1.807, 2.05) is 58.7 Å². The van der Waals surface area contributed by atoms with Crippen molar-refractivity contribution < 1.29 is 4.79 Å². The van der Waals surface area contributed by atoms with Crippen LogP contribution in [0.3, 0.4) is 0 Å². The van der Waals surface area contributed by atoms with E-state index in [1.54, 1.807) is 6.20 Å². The predicted octanol–water partition coefficient (Wildman–Crippen LogP) is 2.32. The molecule has 0 atom stereocenters. The molecule has 0 radical (unpaired) electrons. The molecule has 1 rings (SSSR count). The lowest BCUT2D eigenvalue weighted by Crippen LogP contribution is -2.48. The number of aryl methyl sites for hydroxylation is 1. The summed E-state index contributed by atoms with van der Waals surface area (Å²) < 4.78 is 0. The Morgan fingerprint density at radius 1 is 1.38 bits per heavy atom. The zero-order valence-electron chi connectivity index (χ0n) is 15.5. The number of carbonyl (C=O) groups is 1. The number of likely N-dealkylation sites (N-methyl/N-ethyl adjacent to an activating group) is 1. The molecule has 0 aliphatic heterocycles. The number of nitrogens with one attached hydrogen (secondary N) is 2. The summed E-state index contributed by atoms with van der Waals surface area (Å²) in [6.45, 7) is 11.4. The summed E-state index contributed by atoms with van der Waals surface area (Å²) >= 11 is 0. The maximum atomic E-state index is 12.1. The van der Waals surface area contributed by atoms with Crippen molar-refractivity contribution in [2.24, 2.45) is 4.99 Å². The number of hydrogen-bond acceptors (Lipinski definition) is 3. The number of aliphatic imine (C=N–C) groups is 1. The first-order valence-electron chi connectivity index (χ1n) is 7.94. The molecule has 136 valence electrons. The number of carbonyl (C=O) groups excluding carboxylic acids is 1. The third-order valence-electron chi connectivity index (χ3n) is 3.09. The summed E-state index contributed by atoms with van der Waals surface area (Å²) in [7, 11) is 1.86. The second kappa shape index (κ2) is 10.5. The van der Waals surface area contributed by atoms with Crippen molar-refractivity contribution in [2.45, 2.75) is 46.7 Å². The lowest BCUT2D eigenvalue weighted by atomic mass is 10.1. The molecule has 1 amide bonds. The molecular weight excluding hydrogens is 417 g/mol. The average molecular weight is 447 g/mol. The lowest BCUT2D eigenvalue weighted by Gasteiger charge is -2.25. The van der Waals surface area contributed by atoms with Gasteiger partial charge in [-0.1, -0.05) is 6.07 Å². The number of amides is 1. The highest BCUT2D eigenvalue weighted by Crippen LogP contribution is 2.05. The predicted molar refractivity (Wildman–Crippen MR) is 110 cm³/mol. The normalized spacial score (nSPS) is 11.5. The Kier molecular flexibility index (Phi) is 9.88. The van der Waals surface area contributed by atoms with Crippen molar-refractivity contribution >= 4 is 35.8 Å². The minimum absolute atomic E-state index is 0. The van der Waals surface area contributed by atoms with Crippen LogP contribution in [0.4, 0.5) is 0 Å². The molecule has 7 heteroatoms. The largest absolute Gasteiger partial charge is 0.357 e. The first-order valence-corrected chi connectivity index (χ1v) is 7.94. The van der Waals surface area contributed by atoms with E-state index in [9.17, 15) is 4.79 Å². The van der Waals surface area contributed by atoms with Crippen molar-refractivity contribution in [3.63, 3.8) is 0 Å². The molecule has 0 spiro atoms. The molecule has 0 aliphatic rings. The number of hydrogen-bond donors (Lipinski definition) is 2. The quantitative estimate of drug-likeness (QED) is 0.413. The topological polar surface area (TPSA) is 69.6 Å². The molecule has 0 fully saturated rings. The van der Waals surface area contributed by atoms with E-state index in [4.69, 9.17) is 0 Å². The Hall–Kier alpha value is -1.38. The smallest absolute Gasteiger partial charge is 0.240 e. The molecule has 1 aromatic heterocycles. The van der Waals surface area contributed by atoms with Crippen LogP contribution in [0.5, 0.6) is 0 Å². The van der Waals surface area contributed by atoms with Gasteiger partial charge in [-0.05, 0) is 46.2 Å². The molecule has 0 saturated carbocycles. The zero-order chi connectivity index (χ0) is 17.5. The van der Waals surface area contributed by atoms with Gasteiger partial charge >= 0.3 is 0 Å². The first-order chi connectivity index (χ1) is 10.7. The molecule has 24 heavy (non-hydrogen) atoms. The first kappa shape index (κ1) is 22.6. The fourth-order valence-corrected chi connectivity index (χ4v) is 2.05. The highest BCUT2D eigenvalue weighted by molar-refractivity contribution is 14.0. The Morgan fingerprint density at radius 2 is 2.04 bits per heavy atom. The van der Waals surface area contributed by atoms with E-state index in [2.05, 4.69) is 20.6 Å². The molecular formula is C17H30IN5O. The molecule has 6 nitrogen and oxygen atoms in total. The second-order valence-corrected chi connectivity index (χ2v) is 6.59. The maximum Gasteiger partial charge on any atom is 0.240 e. The van der Waals surface area contributed by atoms with Crippen molar-refractivity contribution in [3.05, 3.63) is 29.6 Å². The van der Waals surface area contributed by atoms with Crippen molar-refractivity contribution in [1.82, 2.24) is 20.5 Å². The van der Waals surface area contributed by atoms with E-state index in [0.29, 0.717) is 12.5 Å². The molecule has 0 bridgehead atoms. The van der Waals surface area contributed by atoms with Crippen LogP contribution < -0.4 is 10.6 Å².